The lowest BCUT2D eigenvalue weighted by atomic mass is 9.68. The second-order valence-corrected chi connectivity index (χ2v) is 9.51. The second-order valence-electron chi connectivity index (χ2n) is 9.51. The van der Waals surface area contributed by atoms with Gasteiger partial charge in [-0.05, 0) is 77.8 Å². The normalized spacial score (nSPS) is 13.5. The van der Waals surface area contributed by atoms with Gasteiger partial charge in [-0.1, -0.05) is 30.3 Å². The SMILES string of the molecule is CCOC(=O)C(C)(C)[C@H](C[C@@H](Nc1ccc(OC)cc1)C(C)(C)C(=O)OCC)c1ccccc1. The number of nitrogens with one attached hydrogen (secondary N) is 1. The Labute approximate surface area is 204 Å². The Morgan fingerprint density at radius 2 is 1.35 bits per heavy atom. The van der Waals surface area contributed by atoms with Gasteiger partial charge in [0.15, 0.2) is 0 Å². The van der Waals surface area contributed by atoms with Gasteiger partial charge in [-0.25, -0.2) is 0 Å². The average Bonchev–Trinajstić information content (AvgIpc) is 2.82. The maximum absolute atomic E-state index is 13.0. The summed E-state index contributed by atoms with van der Waals surface area (Å²) in [5.41, 5.74) is 0.181. The minimum atomic E-state index is -0.867. The molecule has 0 unspecified atom stereocenters. The van der Waals surface area contributed by atoms with Crippen molar-refractivity contribution in [3.63, 3.8) is 0 Å². The predicted molar refractivity (Wildman–Crippen MR) is 135 cm³/mol. The van der Waals surface area contributed by atoms with Gasteiger partial charge >= 0.3 is 11.9 Å². The average molecular weight is 470 g/mol. The molecule has 186 valence electrons. The quantitative estimate of drug-likeness (QED) is 0.394. The molecule has 34 heavy (non-hydrogen) atoms. The number of hydrogen-bond donors (Lipinski definition) is 1. The van der Waals surface area contributed by atoms with Crippen LogP contribution in [0.2, 0.25) is 0 Å². The van der Waals surface area contributed by atoms with Crippen molar-refractivity contribution in [3.8, 4) is 5.75 Å². The summed E-state index contributed by atoms with van der Waals surface area (Å²) >= 11 is 0. The maximum atomic E-state index is 13.0. The van der Waals surface area contributed by atoms with Crippen LogP contribution in [-0.4, -0.2) is 38.3 Å². The Morgan fingerprint density at radius 3 is 1.85 bits per heavy atom. The number of hydrogen-bond acceptors (Lipinski definition) is 6. The Balaban J connectivity index is 2.51. The standard InChI is InChI=1S/C28H39NO5/c1-8-33-25(30)27(3,4)23(20-13-11-10-12-14-20)19-24(28(5,6)26(31)34-9-2)29-21-15-17-22(32-7)18-16-21/h10-18,23-24,29H,8-9,19H2,1-7H3/t23-,24-/m1/s1. The highest BCUT2D eigenvalue weighted by Gasteiger charge is 2.45. The minimum absolute atomic E-state index is 0.211. The summed E-state index contributed by atoms with van der Waals surface area (Å²) in [4.78, 5) is 26.1. The first-order chi connectivity index (χ1) is 16.1. The van der Waals surface area contributed by atoms with Crippen molar-refractivity contribution in [1.29, 1.82) is 0 Å². The Kier molecular flexibility index (Phi) is 9.54. The zero-order valence-electron chi connectivity index (χ0n) is 21.5. The van der Waals surface area contributed by atoms with E-state index in [-0.39, 0.29) is 23.9 Å². The van der Waals surface area contributed by atoms with Crippen LogP contribution in [0.5, 0.6) is 5.75 Å². The molecule has 2 atom stereocenters. The predicted octanol–water partition coefficient (Wildman–Crippen LogP) is 5.83. The molecular weight excluding hydrogens is 430 g/mol. The molecular formula is C28H39NO5. The van der Waals surface area contributed by atoms with E-state index in [0.717, 1.165) is 17.0 Å². The van der Waals surface area contributed by atoms with Crippen molar-refractivity contribution < 1.29 is 23.8 Å². The van der Waals surface area contributed by atoms with Gasteiger partial charge in [-0.3, -0.25) is 9.59 Å². The molecule has 0 radical (unpaired) electrons. The molecule has 6 heteroatoms. The third kappa shape index (κ3) is 6.52. The van der Waals surface area contributed by atoms with Crippen molar-refractivity contribution in [3.05, 3.63) is 60.2 Å². The molecule has 0 spiro atoms. The lowest BCUT2D eigenvalue weighted by molar-refractivity contribution is -0.155. The molecule has 0 aromatic heterocycles. The molecule has 0 aliphatic heterocycles. The lowest BCUT2D eigenvalue weighted by Crippen LogP contribution is -2.46. The van der Waals surface area contributed by atoms with Crippen LogP contribution in [0, 0.1) is 10.8 Å². The van der Waals surface area contributed by atoms with Crippen LogP contribution in [0.4, 0.5) is 5.69 Å². The molecule has 0 aliphatic carbocycles. The highest BCUT2D eigenvalue weighted by Crippen LogP contribution is 2.43. The fourth-order valence-corrected chi connectivity index (χ4v) is 4.11. The molecule has 0 fully saturated rings. The summed E-state index contributed by atoms with van der Waals surface area (Å²) in [5, 5.41) is 3.54. The fraction of sp³-hybridized carbons (Fsp3) is 0.500. The molecule has 0 bridgehead atoms. The topological polar surface area (TPSA) is 73.9 Å². The van der Waals surface area contributed by atoms with E-state index in [9.17, 15) is 9.59 Å². The van der Waals surface area contributed by atoms with Crippen molar-refractivity contribution in [2.24, 2.45) is 10.8 Å². The van der Waals surface area contributed by atoms with Crippen LogP contribution in [0.3, 0.4) is 0 Å². The van der Waals surface area contributed by atoms with Crippen LogP contribution in [0.1, 0.15) is 59.4 Å². The van der Waals surface area contributed by atoms with Gasteiger partial charge in [0, 0.05) is 17.6 Å². The Hall–Kier alpha value is -3.02. The highest BCUT2D eigenvalue weighted by atomic mass is 16.5. The summed E-state index contributed by atoms with van der Waals surface area (Å²) in [6, 6.07) is 17.2. The van der Waals surface area contributed by atoms with E-state index in [1.807, 2.05) is 89.2 Å². The van der Waals surface area contributed by atoms with E-state index in [1.54, 1.807) is 14.0 Å². The molecule has 0 heterocycles. The van der Waals surface area contributed by atoms with Crippen molar-refractivity contribution in [1.82, 2.24) is 0 Å². The van der Waals surface area contributed by atoms with Crippen LogP contribution < -0.4 is 10.1 Å². The van der Waals surface area contributed by atoms with E-state index in [1.165, 1.54) is 0 Å². The van der Waals surface area contributed by atoms with Gasteiger partial charge in [0.1, 0.15) is 5.75 Å². The third-order valence-corrected chi connectivity index (χ3v) is 6.45. The first-order valence-corrected chi connectivity index (χ1v) is 11.9. The fourth-order valence-electron chi connectivity index (χ4n) is 4.11. The van der Waals surface area contributed by atoms with Crippen LogP contribution in [0.25, 0.3) is 0 Å². The molecule has 0 saturated heterocycles. The van der Waals surface area contributed by atoms with Crippen molar-refractivity contribution in [2.45, 2.75) is 59.9 Å². The van der Waals surface area contributed by atoms with Crippen molar-refractivity contribution >= 4 is 17.6 Å². The van der Waals surface area contributed by atoms with Crippen LogP contribution in [-0.2, 0) is 19.1 Å². The highest BCUT2D eigenvalue weighted by molar-refractivity contribution is 5.79. The molecule has 2 aromatic rings. The minimum Gasteiger partial charge on any atom is -0.497 e. The van der Waals surface area contributed by atoms with Gasteiger partial charge in [-0.15, -0.1) is 0 Å². The van der Waals surface area contributed by atoms with Gasteiger partial charge in [-0.2, -0.15) is 0 Å². The number of rotatable bonds is 12. The number of esters is 2. The van der Waals surface area contributed by atoms with E-state index in [2.05, 4.69) is 5.32 Å². The molecule has 1 N–H and O–H groups in total. The number of methoxy groups -OCH3 is 1. The van der Waals surface area contributed by atoms with Crippen LogP contribution >= 0.6 is 0 Å². The Morgan fingerprint density at radius 1 is 0.824 bits per heavy atom. The third-order valence-electron chi connectivity index (χ3n) is 6.45. The molecule has 6 nitrogen and oxygen atoms in total. The number of anilines is 1. The van der Waals surface area contributed by atoms with Crippen molar-refractivity contribution in [2.75, 3.05) is 25.6 Å². The van der Waals surface area contributed by atoms with E-state index < -0.39 is 10.8 Å². The van der Waals surface area contributed by atoms with Gasteiger partial charge in [0.2, 0.25) is 0 Å². The van der Waals surface area contributed by atoms with Crippen LogP contribution in [0.15, 0.2) is 54.6 Å². The summed E-state index contributed by atoms with van der Waals surface area (Å²) in [5.74, 6) is -0.0164. The van der Waals surface area contributed by atoms with E-state index in [4.69, 9.17) is 14.2 Å². The number of carbonyl (C=O) groups is 2. The first-order valence-electron chi connectivity index (χ1n) is 11.9. The second kappa shape index (κ2) is 11.9. The zero-order chi connectivity index (χ0) is 25.4. The summed E-state index contributed by atoms with van der Waals surface area (Å²) in [6.07, 6.45) is 0.508. The Bertz CT molecular complexity index is 922. The molecule has 2 rings (SSSR count). The molecule has 0 saturated carbocycles. The summed E-state index contributed by atoms with van der Waals surface area (Å²) < 4.78 is 16.1. The summed E-state index contributed by atoms with van der Waals surface area (Å²) in [7, 11) is 1.62. The van der Waals surface area contributed by atoms with Gasteiger partial charge in [0.25, 0.3) is 0 Å². The summed E-state index contributed by atoms with van der Waals surface area (Å²) in [6.45, 7) is 11.8. The maximum Gasteiger partial charge on any atom is 0.313 e. The number of ether oxygens (including phenoxy) is 3. The smallest absolute Gasteiger partial charge is 0.313 e. The monoisotopic (exact) mass is 469 g/mol. The number of benzene rings is 2. The lowest BCUT2D eigenvalue weighted by Gasteiger charge is -2.40. The largest absolute Gasteiger partial charge is 0.497 e. The zero-order valence-corrected chi connectivity index (χ0v) is 21.5. The molecule has 2 aromatic carbocycles. The number of carbonyl (C=O) groups excluding carboxylic acids is 2. The first kappa shape index (κ1) is 27.2. The molecule has 0 amide bonds. The van der Waals surface area contributed by atoms with E-state index in [0.29, 0.717) is 19.6 Å². The van der Waals surface area contributed by atoms with Gasteiger partial charge in [0.05, 0.1) is 31.2 Å². The van der Waals surface area contributed by atoms with Gasteiger partial charge < -0.3 is 19.5 Å². The molecule has 0 aliphatic rings. The van der Waals surface area contributed by atoms with E-state index >= 15 is 0 Å².